The fraction of sp³-hybridized carbons (Fsp3) is 0.500. The van der Waals surface area contributed by atoms with E-state index in [2.05, 4.69) is 5.32 Å². The lowest BCUT2D eigenvalue weighted by molar-refractivity contribution is 0.0884. The molecule has 0 amide bonds. The van der Waals surface area contributed by atoms with Gasteiger partial charge in [0.2, 0.25) is 0 Å². The van der Waals surface area contributed by atoms with Gasteiger partial charge < -0.3 is 5.32 Å². The number of alkyl halides is 1. The zero-order valence-corrected chi connectivity index (χ0v) is 9.52. The highest BCUT2D eigenvalue weighted by molar-refractivity contribution is 6.30. The van der Waals surface area contributed by atoms with Crippen molar-refractivity contribution in [3.8, 4) is 0 Å². The third-order valence-corrected chi connectivity index (χ3v) is 3.21. The largest absolute Gasteiger partial charge is 0.307 e. The van der Waals surface area contributed by atoms with E-state index >= 15 is 0 Å². The molecule has 1 aromatic carbocycles. The molecular formula is C12H15ClFN. The van der Waals surface area contributed by atoms with Crippen LogP contribution >= 0.6 is 11.6 Å². The van der Waals surface area contributed by atoms with Crippen molar-refractivity contribution in [2.24, 2.45) is 0 Å². The van der Waals surface area contributed by atoms with Crippen LogP contribution in [-0.4, -0.2) is 12.2 Å². The molecule has 2 atom stereocenters. The van der Waals surface area contributed by atoms with Gasteiger partial charge in [0.1, 0.15) is 5.67 Å². The van der Waals surface area contributed by atoms with E-state index in [1.54, 1.807) is 6.92 Å². The van der Waals surface area contributed by atoms with Crippen LogP contribution in [0.1, 0.15) is 31.4 Å². The van der Waals surface area contributed by atoms with Gasteiger partial charge in [-0.15, -0.1) is 0 Å². The summed E-state index contributed by atoms with van der Waals surface area (Å²) in [5, 5.41) is 3.88. The van der Waals surface area contributed by atoms with E-state index in [9.17, 15) is 4.39 Å². The first-order chi connectivity index (χ1) is 7.09. The summed E-state index contributed by atoms with van der Waals surface area (Å²) >= 11 is 5.91. The number of piperidine rings is 1. The predicted octanol–water partition coefficient (Wildman–Crippen LogP) is 3.49. The van der Waals surface area contributed by atoms with Crippen LogP contribution in [0.4, 0.5) is 4.39 Å². The zero-order valence-electron chi connectivity index (χ0n) is 8.76. The molecule has 0 saturated carbocycles. The minimum absolute atomic E-state index is 0.232. The van der Waals surface area contributed by atoms with Crippen LogP contribution in [0, 0.1) is 0 Å². The Labute approximate surface area is 94.6 Å². The highest BCUT2D eigenvalue weighted by Gasteiger charge is 2.37. The number of halogens is 2. The summed E-state index contributed by atoms with van der Waals surface area (Å²) in [5.41, 5.74) is -0.240. The normalized spacial score (nSPS) is 31.5. The van der Waals surface area contributed by atoms with E-state index in [0.29, 0.717) is 11.4 Å². The molecule has 0 bridgehead atoms. The second kappa shape index (κ2) is 4.11. The third kappa shape index (κ3) is 2.32. The Morgan fingerprint density at radius 3 is 3.00 bits per heavy atom. The maximum Gasteiger partial charge on any atom is 0.127 e. The van der Waals surface area contributed by atoms with Crippen LogP contribution < -0.4 is 5.32 Å². The van der Waals surface area contributed by atoms with E-state index in [1.165, 1.54) is 0 Å². The first-order valence-electron chi connectivity index (χ1n) is 5.27. The fourth-order valence-corrected chi connectivity index (χ4v) is 2.39. The smallest absolute Gasteiger partial charge is 0.127 e. The van der Waals surface area contributed by atoms with Crippen LogP contribution in [0.15, 0.2) is 24.3 Å². The Kier molecular flexibility index (Phi) is 2.98. The minimum atomic E-state index is -1.18. The minimum Gasteiger partial charge on any atom is -0.307 e. The molecule has 82 valence electrons. The van der Waals surface area contributed by atoms with Gasteiger partial charge in [-0.1, -0.05) is 23.7 Å². The number of nitrogens with one attached hydrogen (secondary N) is 1. The SMILES string of the molecule is CC1(F)CCCNC1c1cccc(Cl)c1. The Hall–Kier alpha value is -0.600. The molecule has 0 radical (unpaired) electrons. The molecule has 2 unspecified atom stereocenters. The predicted molar refractivity (Wildman–Crippen MR) is 60.9 cm³/mol. The van der Waals surface area contributed by atoms with Crippen molar-refractivity contribution in [1.29, 1.82) is 0 Å². The quantitative estimate of drug-likeness (QED) is 0.775. The molecule has 2 rings (SSSR count). The average Bonchev–Trinajstić information content (AvgIpc) is 2.17. The molecule has 3 heteroatoms. The molecular weight excluding hydrogens is 213 g/mol. The van der Waals surface area contributed by atoms with Gasteiger partial charge in [-0.05, 0) is 44.0 Å². The van der Waals surface area contributed by atoms with Crippen molar-refractivity contribution in [1.82, 2.24) is 5.32 Å². The van der Waals surface area contributed by atoms with Gasteiger partial charge in [0.15, 0.2) is 0 Å². The summed E-state index contributed by atoms with van der Waals surface area (Å²) in [6.45, 7) is 2.53. The summed E-state index contributed by atoms with van der Waals surface area (Å²) in [4.78, 5) is 0. The lowest BCUT2D eigenvalue weighted by Crippen LogP contribution is -2.43. The number of hydrogen-bond donors (Lipinski definition) is 1. The van der Waals surface area contributed by atoms with Crippen LogP contribution in [-0.2, 0) is 0 Å². The topological polar surface area (TPSA) is 12.0 Å². The van der Waals surface area contributed by atoms with Crippen molar-refractivity contribution >= 4 is 11.6 Å². The zero-order chi connectivity index (χ0) is 10.9. The van der Waals surface area contributed by atoms with E-state index in [1.807, 2.05) is 24.3 Å². The summed E-state index contributed by atoms with van der Waals surface area (Å²) in [7, 11) is 0. The molecule has 1 aliphatic heterocycles. The number of hydrogen-bond acceptors (Lipinski definition) is 1. The fourth-order valence-electron chi connectivity index (χ4n) is 2.19. The lowest BCUT2D eigenvalue weighted by Gasteiger charge is -2.36. The molecule has 1 aromatic rings. The molecule has 0 aliphatic carbocycles. The van der Waals surface area contributed by atoms with E-state index in [4.69, 9.17) is 11.6 Å². The Morgan fingerprint density at radius 2 is 2.33 bits per heavy atom. The van der Waals surface area contributed by atoms with E-state index < -0.39 is 5.67 Å². The molecule has 1 N–H and O–H groups in total. The van der Waals surface area contributed by atoms with E-state index in [0.717, 1.165) is 18.5 Å². The van der Waals surface area contributed by atoms with Crippen molar-refractivity contribution in [3.05, 3.63) is 34.9 Å². The standard InChI is InChI=1S/C12H15ClFN/c1-12(14)6-3-7-15-11(12)9-4-2-5-10(13)8-9/h2,4-5,8,11,15H,3,6-7H2,1H3. The van der Waals surface area contributed by atoms with Crippen LogP contribution in [0.25, 0.3) is 0 Å². The van der Waals surface area contributed by atoms with Crippen LogP contribution in [0.5, 0.6) is 0 Å². The monoisotopic (exact) mass is 227 g/mol. The van der Waals surface area contributed by atoms with E-state index in [-0.39, 0.29) is 6.04 Å². The molecule has 1 heterocycles. The summed E-state index contributed by atoms with van der Waals surface area (Å²) in [6, 6.07) is 7.20. The van der Waals surface area contributed by atoms with Crippen molar-refractivity contribution in [2.75, 3.05) is 6.54 Å². The van der Waals surface area contributed by atoms with Gasteiger partial charge in [-0.25, -0.2) is 4.39 Å². The maximum absolute atomic E-state index is 14.2. The van der Waals surface area contributed by atoms with Crippen LogP contribution in [0.3, 0.4) is 0 Å². The second-order valence-corrected chi connectivity index (χ2v) is 4.76. The number of rotatable bonds is 1. The molecule has 0 aromatic heterocycles. The summed E-state index contributed by atoms with van der Waals surface area (Å²) in [6.07, 6.45) is 1.50. The van der Waals surface area contributed by atoms with Crippen LogP contribution in [0.2, 0.25) is 5.02 Å². The Morgan fingerprint density at radius 1 is 1.53 bits per heavy atom. The molecule has 1 saturated heterocycles. The highest BCUT2D eigenvalue weighted by atomic mass is 35.5. The molecule has 1 nitrogen and oxygen atoms in total. The van der Waals surface area contributed by atoms with Crippen molar-refractivity contribution < 1.29 is 4.39 Å². The average molecular weight is 228 g/mol. The molecule has 1 fully saturated rings. The lowest BCUT2D eigenvalue weighted by atomic mass is 9.85. The number of benzene rings is 1. The van der Waals surface area contributed by atoms with Gasteiger partial charge in [0, 0.05) is 5.02 Å². The first kappa shape index (κ1) is 10.9. The molecule has 0 spiro atoms. The first-order valence-corrected chi connectivity index (χ1v) is 5.65. The van der Waals surface area contributed by atoms with Gasteiger partial charge >= 0.3 is 0 Å². The van der Waals surface area contributed by atoms with Crippen molar-refractivity contribution in [3.63, 3.8) is 0 Å². The van der Waals surface area contributed by atoms with Gasteiger partial charge in [0.25, 0.3) is 0 Å². The van der Waals surface area contributed by atoms with Crippen molar-refractivity contribution in [2.45, 2.75) is 31.5 Å². The Balaban J connectivity index is 2.29. The maximum atomic E-state index is 14.2. The van der Waals surface area contributed by atoms with Gasteiger partial charge in [-0.2, -0.15) is 0 Å². The van der Waals surface area contributed by atoms with Gasteiger partial charge in [0.05, 0.1) is 6.04 Å². The van der Waals surface area contributed by atoms with Gasteiger partial charge in [-0.3, -0.25) is 0 Å². The summed E-state index contributed by atoms with van der Waals surface area (Å²) < 4.78 is 14.2. The third-order valence-electron chi connectivity index (χ3n) is 2.97. The second-order valence-electron chi connectivity index (χ2n) is 4.32. The highest BCUT2D eigenvalue weighted by Crippen LogP contribution is 2.36. The molecule has 1 aliphatic rings. The summed E-state index contributed by atoms with van der Waals surface area (Å²) in [5.74, 6) is 0. The molecule has 15 heavy (non-hydrogen) atoms. The Bertz CT molecular complexity index is 351.